The van der Waals surface area contributed by atoms with Crippen LogP contribution >= 0.6 is 35.0 Å². The summed E-state index contributed by atoms with van der Waals surface area (Å²) in [6.45, 7) is 2.84. The van der Waals surface area contributed by atoms with Crippen LogP contribution in [-0.2, 0) is 4.74 Å². The number of nitrogens with zero attached hydrogens (tertiary/aromatic N) is 1. The van der Waals surface area contributed by atoms with Gasteiger partial charge in [0.1, 0.15) is 16.0 Å². The molecule has 0 unspecified atom stereocenters. The fourth-order valence-corrected chi connectivity index (χ4v) is 2.95. The Balaban J connectivity index is 2.38. The Kier molecular flexibility index (Phi) is 5.39. The van der Waals surface area contributed by atoms with Gasteiger partial charge < -0.3 is 10.1 Å². The average molecular weight is 347 g/mol. The van der Waals surface area contributed by atoms with Gasteiger partial charge in [-0.05, 0) is 19.1 Å². The monoisotopic (exact) mass is 346 g/mol. The third kappa shape index (κ3) is 4.06. The van der Waals surface area contributed by atoms with Crippen LogP contribution in [0.4, 0.5) is 0 Å². The van der Waals surface area contributed by atoms with Crippen molar-refractivity contribution in [3.8, 4) is 0 Å². The molecule has 21 heavy (non-hydrogen) atoms. The second-order valence-electron chi connectivity index (χ2n) is 4.21. The summed E-state index contributed by atoms with van der Waals surface area (Å²) in [4.78, 5) is 11.7. The Morgan fingerprint density at radius 3 is 2.52 bits per heavy atom. The van der Waals surface area contributed by atoms with Crippen molar-refractivity contribution in [3.63, 3.8) is 0 Å². The minimum Gasteiger partial charge on any atom is -0.472 e. The Hall–Kier alpha value is -1.37. The van der Waals surface area contributed by atoms with E-state index in [0.29, 0.717) is 13.2 Å². The molecule has 0 spiro atoms. The van der Waals surface area contributed by atoms with Crippen molar-refractivity contribution in [1.29, 1.82) is 0 Å². The van der Waals surface area contributed by atoms with Crippen LogP contribution < -0.4 is 5.32 Å². The van der Waals surface area contributed by atoms with Crippen LogP contribution in [0.2, 0.25) is 0 Å². The summed E-state index contributed by atoms with van der Waals surface area (Å²) in [5.74, 6) is 0.0911. The first kappa shape index (κ1) is 16.0. The van der Waals surface area contributed by atoms with Crippen molar-refractivity contribution in [1.82, 2.24) is 5.32 Å². The number of hydrogen-bond acceptors (Lipinski definition) is 5. The quantitative estimate of drug-likeness (QED) is 0.510. The molecule has 1 aliphatic heterocycles. The molecule has 2 rings (SSSR count). The summed E-state index contributed by atoms with van der Waals surface area (Å²) in [6, 6.07) is 7.51. The molecule has 0 aromatic heterocycles. The van der Waals surface area contributed by atoms with Crippen molar-refractivity contribution in [2.24, 2.45) is 0 Å². The summed E-state index contributed by atoms with van der Waals surface area (Å²) in [6.07, 6.45) is 0. The van der Waals surface area contributed by atoms with Crippen LogP contribution in [-0.4, -0.2) is 18.1 Å². The fourth-order valence-electron chi connectivity index (χ4n) is 1.69. The summed E-state index contributed by atoms with van der Waals surface area (Å²) in [5, 5.41) is 14.2. The first-order valence-corrected chi connectivity index (χ1v) is 7.62. The standard InChI is InChI=1S/C13H12Cl2N2O3S/c1-8-2-4-9(5-3-8)21-11(12(14)15)10(17(18)19)13-16-6-7-20-13/h2-5,16H,6-7H2,1H3. The van der Waals surface area contributed by atoms with Gasteiger partial charge in [0.25, 0.3) is 5.88 Å². The zero-order valence-corrected chi connectivity index (χ0v) is 13.4. The highest BCUT2D eigenvalue weighted by molar-refractivity contribution is 8.03. The van der Waals surface area contributed by atoms with Crippen LogP contribution in [0.1, 0.15) is 5.56 Å². The molecule has 1 heterocycles. The Morgan fingerprint density at radius 2 is 2.05 bits per heavy atom. The molecule has 1 aliphatic rings. The Morgan fingerprint density at radius 1 is 1.38 bits per heavy atom. The second kappa shape index (κ2) is 7.06. The van der Waals surface area contributed by atoms with E-state index in [0.717, 1.165) is 22.2 Å². The zero-order valence-electron chi connectivity index (χ0n) is 11.1. The van der Waals surface area contributed by atoms with E-state index < -0.39 is 4.92 Å². The van der Waals surface area contributed by atoms with Crippen molar-refractivity contribution < 1.29 is 9.66 Å². The molecule has 0 saturated carbocycles. The van der Waals surface area contributed by atoms with E-state index in [2.05, 4.69) is 5.32 Å². The van der Waals surface area contributed by atoms with Crippen molar-refractivity contribution in [2.75, 3.05) is 13.2 Å². The smallest absolute Gasteiger partial charge is 0.344 e. The lowest BCUT2D eigenvalue weighted by atomic mass is 10.2. The second-order valence-corrected chi connectivity index (χ2v) is 6.25. The average Bonchev–Trinajstić information content (AvgIpc) is 2.93. The van der Waals surface area contributed by atoms with Crippen molar-refractivity contribution >= 4 is 35.0 Å². The van der Waals surface area contributed by atoms with Gasteiger partial charge in [0.15, 0.2) is 0 Å². The number of nitrogens with one attached hydrogen (secondary N) is 1. The molecule has 1 fully saturated rings. The predicted molar refractivity (Wildman–Crippen MR) is 83.7 cm³/mol. The van der Waals surface area contributed by atoms with Crippen LogP contribution in [0.3, 0.4) is 0 Å². The number of aryl methyl sites for hydroxylation is 1. The highest BCUT2D eigenvalue weighted by Crippen LogP contribution is 2.38. The van der Waals surface area contributed by atoms with Crippen LogP contribution in [0.5, 0.6) is 0 Å². The third-order valence-electron chi connectivity index (χ3n) is 2.66. The molecule has 8 heteroatoms. The molecular weight excluding hydrogens is 335 g/mol. The number of thioether (sulfide) groups is 1. The maximum Gasteiger partial charge on any atom is 0.344 e. The molecule has 1 aromatic rings. The summed E-state index contributed by atoms with van der Waals surface area (Å²) in [7, 11) is 0. The molecule has 1 aromatic carbocycles. The first-order valence-electron chi connectivity index (χ1n) is 6.04. The minimum absolute atomic E-state index is 0.0911. The van der Waals surface area contributed by atoms with Gasteiger partial charge in [-0.1, -0.05) is 52.7 Å². The lowest BCUT2D eigenvalue weighted by Crippen LogP contribution is -2.13. The molecule has 0 atom stereocenters. The summed E-state index contributed by atoms with van der Waals surface area (Å²) >= 11 is 12.8. The number of benzene rings is 1. The molecule has 5 nitrogen and oxygen atoms in total. The van der Waals surface area contributed by atoms with E-state index in [9.17, 15) is 10.1 Å². The van der Waals surface area contributed by atoms with Crippen molar-refractivity contribution in [3.05, 3.63) is 60.9 Å². The van der Waals surface area contributed by atoms with Crippen LogP contribution in [0.15, 0.2) is 50.1 Å². The third-order valence-corrected chi connectivity index (χ3v) is 4.37. The van der Waals surface area contributed by atoms with Crippen LogP contribution in [0.25, 0.3) is 0 Å². The van der Waals surface area contributed by atoms with E-state index in [-0.39, 0.29) is 21.0 Å². The topological polar surface area (TPSA) is 64.4 Å². The molecule has 0 bridgehead atoms. The highest BCUT2D eigenvalue weighted by Gasteiger charge is 2.30. The van der Waals surface area contributed by atoms with Gasteiger partial charge in [0.05, 0.1) is 11.5 Å². The lowest BCUT2D eigenvalue weighted by Gasteiger charge is -2.08. The van der Waals surface area contributed by atoms with E-state index in [1.807, 2.05) is 31.2 Å². The maximum atomic E-state index is 11.3. The number of rotatable bonds is 4. The molecule has 0 aliphatic carbocycles. The molecule has 0 radical (unpaired) electrons. The van der Waals surface area contributed by atoms with Gasteiger partial charge in [-0.25, -0.2) is 0 Å². The lowest BCUT2D eigenvalue weighted by molar-refractivity contribution is -0.422. The van der Waals surface area contributed by atoms with Gasteiger partial charge >= 0.3 is 5.70 Å². The maximum absolute atomic E-state index is 11.3. The van der Waals surface area contributed by atoms with Gasteiger partial charge in [-0.2, -0.15) is 0 Å². The van der Waals surface area contributed by atoms with Gasteiger partial charge in [-0.15, -0.1) is 0 Å². The van der Waals surface area contributed by atoms with Gasteiger partial charge in [-0.3, -0.25) is 10.1 Å². The SMILES string of the molecule is Cc1ccc(SC(=C(Cl)Cl)C(=C2NCCO2)[N+](=O)[O-])cc1. The summed E-state index contributed by atoms with van der Waals surface area (Å²) < 4.78 is 5.06. The number of ether oxygens (including phenoxy) is 1. The normalized spacial score (nSPS) is 16.0. The number of halogens is 2. The molecule has 0 amide bonds. The number of nitro groups is 1. The molecule has 1 saturated heterocycles. The van der Waals surface area contributed by atoms with Gasteiger partial charge in [0.2, 0.25) is 0 Å². The molecular formula is C13H12Cl2N2O3S. The van der Waals surface area contributed by atoms with E-state index in [1.54, 1.807) is 0 Å². The zero-order chi connectivity index (χ0) is 15.4. The van der Waals surface area contributed by atoms with E-state index in [4.69, 9.17) is 27.9 Å². The fraction of sp³-hybridized carbons (Fsp3) is 0.231. The predicted octanol–water partition coefficient (Wildman–Crippen LogP) is 3.80. The molecule has 112 valence electrons. The van der Waals surface area contributed by atoms with E-state index in [1.165, 1.54) is 0 Å². The van der Waals surface area contributed by atoms with Gasteiger partial charge in [0, 0.05) is 4.90 Å². The number of hydrogen-bond donors (Lipinski definition) is 1. The molecule has 1 N–H and O–H groups in total. The Labute approximate surface area is 136 Å². The largest absolute Gasteiger partial charge is 0.472 e. The van der Waals surface area contributed by atoms with Crippen molar-refractivity contribution in [2.45, 2.75) is 11.8 Å². The highest BCUT2D eigenvalue weighted by atomic mass is 35.5. The first-order chi connectivity index (χ1) is 9.99. The van der Waals surface area contributed by atoms with E-state index >= 15 is 0 Å². The minimum atomic E-state index is -0.547. The van der Waals surface area contributed by atoms with Crippen LogP contribution in [0, 0.1) is 17.0 Å². The summed E-state index contributed by atoms with van der Waals surface area (Å²) in [5.41, 5.74) is 0.841. The Bertz CT molecular complexity index is 602.